The number of rotatable bonds is 5. The quantitative estimate of drug-likeness (QED) is 0.797. The zero-order chi connectivity index (χ0) is 21.3. The molecule has 2 amide bonds. The van der Waals surface area contributed by atoms with Gasteiger partial charge in [0.05, 0.1) is 12.0 Å². The molecule has 0 bridgehead atoms. The highest BCUT2D eigenvalue weighted by Crippen LogP contribution is 2.39. The molecule has 2 aromatic carbocycles. The van der Waals surface area contributed by atoms with Crippen molar-refractivity contribution in [1.29, 1.82) is 0 Å². The van der Waals surface area contributed by atoms with Crippen LogP contribution in [0, 0.1) is 30.4 Å². The largest absolute Gasteiger partial charge is 0.352 e. The Bertz CT molecular complexity index is 958. The van der Waals surface area contributed by atoms with Gasteiger partial charge in [0.1, 0.15) is 11.6 Å². The summed E-state index contributed by atoms with van der Waals surface area (Å²) in [6, 6.07) is 11.0. The molecular weight excluding hydrogens is 386 g/mol. The lowest BCUT2D eigenvalue weighted by atomic mass is 9.87. The van der Waals surface area contributed by atoms with E-state index in [1.807, 2.05) is 4.90 Å². The van der Waals surface area contributed by atoms with Gasteiger partial charge in [-0.05, 0) is 67.5 Å². The molecule has 1 N–H and O–H groups in total. The van der Waals surface area contributed by atoms with Crippen molar-refractivity contribution < 1.29 is 18.4 Å². The van der Waals surface area contributed by atoms with Gasteiger partial charge < -0.3 is 10.2 Å². The first-order chi connectivity index (χ1) is 14.4. The minimum Gasteiger partial charge on any atom is -0.352 e. The number of carbonyl (C=O) groups excluding carboxylic acids is 2. The number of nitrogens with zero attached hydrogens (tertiary/aromatic N) is 1. The van der Waals surface area contributed by atoms with Crippen LogP contribution in [-0.2, 0) is 16.1 Å². The van der Waals surface area contributed by atoms with E-state index in [2.05, 4.69) is 5.32 Å². The van der Waals surface area contributed by atoms with E-state index in [1.165, 1.54) is 18.2 Å². The smallest absolute Gasteiger partial charge is 0.226 e. The first kappa shape index (κ1) is 20.5. The maximum Gasteiger partial charge on any atom is 0.226 e. The Morgan fingerprint density at radius 2 is 1.80 bits per heavy atom. The van der Waals surface area contributed by atoms with E-state index in [1.54, 1.807) is 31.2 Å². The van der Waals surface area contributed by atoms with Crippen LogP contribution in [0.1, 0.15) is 48.4 Å². The topological polar surface area (TPSA) is 49.4 Å². The Morgan fingerprint density at radius 1 is 1.03 bits per heavy atom. The van der Waals surface area contributed by atoms with Crippen LogP contribution in [0.3, 0.4) is 0 Å². The Labute approximate surface area is 175 Å². The van der Waals surface area contributed by atoms with Crippen molar-refractivity contribution in [3.63, 3.8) is 0 Å². The number of piperidine rings is 1. The number of hydrogen-bond acceptors (Lipinski definition) is 2. The average molecular weight is 412 g/mol. The molecule has 1 aliphatic carbocycles. The van der Waals surface area contributed by atoms with Gasteiger partial charge in [-0.2, -0.15) is 0 Å². The monoisotopic (exact) mass is 412 g/mol. The van der Waals surface area contributed by atoms with E-state index in [0.717, 1.165) is 18.4 Å². The summed E-state index contributed by atoms with van der Waals surface area (Å²) in [4.78, 5) is 27.5. The van der Waals surface area contributed by atoms with Crippen molar-refractivity contribution in [1.82, 2.24) is 10.2 Å². The average Bonchev–Trinajstić information content (AvgIpc) is 3.58. The SMILES string of the molecule is Cc1cc(C2CCC(C(=O)NCc3cccc(F)c3)CN2C(=O)C2CC2)ccc1F. The maximum atomic E-state index is 13.7. The van der Waals surface area contributed by atoms with E-state index in [4.69, 9.17) is 0 Å². The highest BCUT2D eigenvalue weighted by Gasteiger charge is 2.41. The molecule has 0 radical (unpaired) electrons. The number of benzene rings is 2. The van der Waals surface area contributed by atoms with Crippen molar-refractivity contribution >= 4 is 11.8 Å². The minimum absolute atomic E-state index is 0.0446. The van der Waals surface area contributed by atoms with Crippen LogP contribution in [0.2, 0.25) is 0 Å². The molecule has 1 saturated carbocycles. The van der Waals surface area contributed by atoms with Crippen LogP contribution >= 0.6 is 0 Å². The molecular formula is C24H26F2N2O2. The number of hydrogen-bond donors (Lipinski definition) is 1. The summed E-state index contributed by atoms with van der Waals surface area (Å²) in [7, 11) is 0. The van der Waals surface area contributed by atoms with Crippen LogP contribution in [0.15, 0.2) is 42.5 Å². The van der Waals surface area contributed by atoms with Crippen molar-refractivity contribution in [2.45, 2.75) is 45.2 Å². The van der Waals surface area contributed by atoms with Crippen LogP contribution in [0.5, 0.6) is 0 Å². The Kier molecular flexibility index (Phi) is 5.84. The van der Waals surface area contributed by atoms with Gasteiger partial charge in [-0.15, -0.1) is 0 Å². The fourth-order valence-corrected chi connectivity index (χ4v) is 4.20. The van der Waals surface area contributed by atoms with Crippen LogP contribution < -0.4 is 5.32 Å². The summed E-state index contributed by atoms with van der Waals surface area (Å²) in [6.45, 7) is 2.33. The number of likely N-dealkylation sites (tertiary alicyclic amines) is 1. The lowest BCUT2D eigenvalue weighted by molar-refractivity contribution is -0.140. The molecule has 4 rings (SSSR count). The fourth-order valence-electron chi connectivity index (χ4n) is 4.20. The predicted molar refractivity (Wildman–Crippen MR) is 109 cm³/mol. The number of halogens is 2. The first-order valence-electron chi connectivity index (χ1n) is 10.5. The maximum absolute atomic E-state index is 13.7. The molecule has 2 aromatic rings. The molecule has 1 saturated heterocycles. The standard InChI is InChI=1S/C24H26F2N2O2/c1-15-11-18(7-9-21(15)26)22-10-8-19(14-28(22)24(30)17-5-6-17)23(29)27-13-16-3-2-4-20(25)12-16/h2-4,7,9,11-12,17,19,22H,5-6,8,10,13-14H2,1H3,(H,27,29). The van der Waals surface area contributed by atoms with E-state index >= 15 is 0 Å². The van der Waals surface area contributed by atoms with Crippen molar-refractivity contribution in [2.24, 2.45) is 11.8 Å². The lowest BCUT2D eigenvalue weighted by Crippen LogP contribution is -2.47. The molecule has 1 aliphatic heterocycles. The molecule has 2 unspecified atom stereocenters. The summed E-state index contributed by atoms with van der Waals surface area (Å²) < 4.78 is 27.1. The van der Waals surface area contributed by atoms with Crippen LogP contribution in [-0.4, -0.2) is 23.3 Å². The van der Waals surface area contributed by atoms with Gasteiger partial charge in [-0.1, -0.05) is 24.3 Å². The highest BCUT2D eigenvalue weighted by atomic mass is 19.1. The normalized spacial score (nSPS) is 21.4. The second-order valence-electron chi connectivity index (χ2n) is 8.41. The molecule has 2 fully saturated rings. The molecule has 6 heteroatoms. The van der Waals surface area contributed by atoms with Crippen molar-refractivity contribution in [3.05, 3.63) is 70.8 Å². The van der Waals surface area contributed by atoms with E-state index in [-0.39, 0.29) is 47.9 Å². The second kappa shape index (κ2) is 8.54. The number of nitrogens with one attached hydrogen (secondary N) is 1. The van der Waals surface area contributed by atoms with Gasteiger partial charge in [-0.3, -0.25) is 9.59 Å². The van der Waals surface area contributed by atoms with Crippen LogP contribution in [0.4, 0.5) is 8.78 Å². The third kappa shape index (κ3) is 4.53. The third-order valence-electron chi connectivity index (χ3n) is 6.08. The zero-order valence-corrected chi connectivity index (χ0v) is 17.0. The molecule has 158 valence electrons. The van der Waals surface area contributed by atoms with Crippen molar-refractivity contribution in [3.8, 4) is 0 Å². The molecule has 30 heavy (non-hydrogen) atoms. The molecule has 0 aromatic heterocycles. The molecule has 2 atom stereocenters. The number of aryl methyl sites for hydroxylation is 1. The van der Waals surface area contributed by atoms with Gasteiger partial charge in [0.15, 0.2) is 0 Å². The molecule has 0 spiro atoms. The highest BCUT2D eigenvalue weighted by molar-refractivity contribution is 5.84. The van der Waals surface area contributed by atoms with Gasteiger partial charge >= 0.3 is 0 Å². The van der Waals surface area contributed by atoms with E-state index < -0.39 is 0 Å². The predicted octanol–water partition coefficient (Wildman–Crippen LogP) is 4.28. The van der Waals surface area contributed by atoms with Gasteiger partial charge in [-0.25, -0.2) is 8.78 Å². The zero-order valence-electron chi connectivity index (χ0n) is 17.0. The molecule has 4 nitrogen and oxygen atoms in total. The van der Waals surface area contributed by atoms with E-state index in [9.17, 15) is 18.4 Å². The van der Waals surface area contributed by atoms with E-state index in [0.29, 0.717) is 30.5 Å². The van der Waals surface area contributed by atoms with Gasteiger partial charge in [0, 0.05) is 19.0 Å². The summed E-state index contributed by atoms with van der Waals surface area (Å²) in [5.74, 6) is -0.893. The molecule has 2 aliphatic rings. The Balaban J connectivity index is 1.46. The Morgan fingerprint density at radius 3 is 2.50 bits per heavy atom. The second-order valence-corrected chi connectivity index (χ2v) is 8.41. The Hall–Kier alpha value is -2.76. The summed E-state index contributed by atoms with van der Waals surface area (Å²) in [6.07, 6.45) is 3.08. The molecule has 1 heterocycles. The lowest BCUT2D eigenvalue weighted by Gasteiger charge is -2.40. The number of carbonyl (C=O) groups is 2. The summed E-state index contributed by atoms with van der Waals surface area (Å²) in [5, 5.41) is 2.88. The van der Waals surface area contributed by atoms with Crippen LogP contribution in [0.25, 0.3) is 0 Å². The van der Waals surface area contributed by atoms with Gasteiger partial charge in [0.2, 0.25) is 11.8 Å². The minimum atomic E-state index is -0.335. The first-order valence-corrected chi connectivity index (χ1v) is 10.5. The third-order valence-corrected chi connectivity index (χ3v) is 6.08. The number of amides is 2. The van der Waals surface area contributed by atoms with Crippen molar-refractivity contribution in [2.75, 3.05) is 6.54 Å². The summed E-state index contributed by atoms with van der Waals surface area (Å²) >= 11 is 0. The van der Waals surface area contributed by atoms with Gasteiger partial charge in [0.25, 0.3) is 0 Å². The fraction of sp³-hybridized carbons (Fsp3) is 0.417. The summed E-state index contributed by atoms with van der Waals surface area (Å²) in [5.41, 5.74) is 2.17.